The molecule has 3 aliphatic rings. The van der Waals surface area contributed by atoms with Gasteiger partial charge in [0, 0.05) is 27.4 Å². The van der Waals surface area contributed by atoms with Crippen molar-refractivity contribution in [2.75, 3.05) is 23.8 Å². The predicted molar refractivity (Wildman–Crippen MR) is 121 cm³/mol. The first-order chi connectivity index (χ1) is 15.8. The molecule has 12 nitrogen and oxygen atoms in total. The molecule has 0 aromatic carbocycles. The van der Waals surface area contributed by atoms with Crippen LogP contribution in [0.15, 0.2) is 32.8 Å². The lowest BCUT2D eigenvalue weighted by atomic mass is 10.1. The number of carboxylic acids is 1. The van der Waals surface area contributed by atoms with Crippen LogP contribution in [0.1, 0.15) is 5.69 Å². The topological polar surface area (TPSA) is 174 Å². The molecule has 0 aliphatic carbocycles. The van der Waals surface area contributed by atoms with E-state index < -0.39 is 35.2 Å². The SMILES string of the molecule is Nc1nc(CO/N=C\C(=O)N[C@@H]2C(=O)N3C(C(=O)O)=C(SCC4=CCOC4=O)CS[C@@H]23)cs1. The molecule has 1 fully saturated rings. The summed E-state index contributed by atoms with van der Waals surface area (Å²) in [5.41, 5.74) is 6.41. The summed E-state index contributed by atoms with van der Waals surface area (Å²) in [6.07, 6.45) is 2.54. The maximum Gasteiger partial charge on any atom is 0.353 e. The van der Waals surface area contributed by atoms with Crippen LogP contribution >= 0.6 is 34.9 Å². The number of ether oxygens (including phenoxy) is 1. The van der Waals surface area contributed by atoms with Gasteiger partial charge in [-0.25, -0.2) is 14.6 Å². The van der Waals surface area contributed by atoms with Gasteiger partial charge in [-0.2, -0.15) is 0 Å². The molecule has 2 amide bonds. The maximum absolute atomic E-state index is 12.6. The van der Waals surface area contributed by atoms with Crippen LogP contribution in [0.2, 0.25) is 0 Å². The van der Waals surface area contributed by atoms with Gasteiger partial charge in [0.05, 0.1) is 5.69 Å². The number of nitrogens with two attached hydrogens (primary N) is 1. The lowest BCUT2D eigenvalue weighted by molar-refractivity contribution is -0.150. The van der Waals surface area contributed by atoms with Crippen LogP contribution in [0.5, 0.6) is 0 Å². The number of thiazole rings is 1. The van der Waals surface area contributed by atoms with Gasteiger partial charge in [-0.3, -0.25) is 14.5 Å². The molecule has 174 valence electrons. The summed E-state index contributed by atoms with van der Waals surface area (Å²) in [6.45, 7) is 0.240. The molecule has 1 aromatic heterocycles. The molecule has 4 heterocycles. The number of carbonyl (C=O) groups excluding carboxylic acids is 3. The van der Waals surface area contributed by atoms with E-state index in [0.717, 1.165) is 11.1 Å². The third-order valence-electron chi connectivity index (χ3n) is 4.67. The Kier molecular flexibility index (Phi) is 6.90. The molecule has 0 bridgehead atoms. The highest BCUT2D eigenvalue weighted by Gasteiger charge is 2.54. The number of hydrogen-bond acceptors (Lipinski definition) is 12. The van der Waals surface area contributed by atoms with E-state index in [1.165, 1.54) is 34.9 Å². The maximum atomic E-state index is 12.6. The Labute approximate surface area is 199 Å². The van der Waals surface area contributed by atoms with Crippen LogP contribution in [0.3, 0.4) is 0 Å². The number of anilines is 1. The van der Waals surface area contributed by atoms with Crippen molar-refractivity contribution >= 4 is 70.0 Å². The van der Waals surface area contributed by atoms with Gasteiger partial charge in [0.25, 0.3) is 11.8 Å². The van der Waals surface area contributed by atoms with Gasteiger partial charge in [0.1, 0.15) is 29.9 Å². The number of aromatic nitrogens is 1. The quantitative estimate of drug-likeness (QED) is 0.178. The van der Waals surface area contributed by atoms with E-state index in [1.54, 1.807) is 11.5 Å². The van der Waals surface area contributed by atoms with Crippen LogP contribution in [0, 0.1) is 0 Å². The van der Waals surface area contributed by atoms with Gasteiger partial charge in [-0.15, -0.1) is 34.9 Å². The summed E-state index contributed by atoms with van der Waals surface area (Å²) in [5, 5.41) is 17.3. The Balaban J connectivity index is 1.33. The molecule has 4 rings (SSSR count). The zero-order valence-electron chi connectivity index (χ0n) is 16.8. The van der Waals surface area contributed by atoms with Crippen LogP contribution < -0.4 is 11.1 Å². The second-order valence-electron chi connectivity index (χ2n) is 6.77. The minimum absolute atomic E-state index is 0.0356. The standard InChI is InChI=1S/C18H17N5O7S3/c19-18-21-9(6-33-18)4-30-20-3-11(24)22-12-14(25)23-13(16(26)27)10(7-32-15(12)23)31-5-8-1-2-29-17(8)28/h1,3,6,12,15H,2,4-5,7H2,(H2,19,21)(H,22,24)(H,26,27)/b20-3-/t12-,15+/m1/s1. The highest BCUT2D eigenvalue weighted by molar-refractivity contribution is 8.06. The van der Waals surface area contributed by atoms with Crippen molar-refractivity contribution in [3.8, 4) is 0 Å². The van der Waals surface area contributed by atoms with E-state index in [9.17, 15) is 24.3 Å². The molecule has 0 radical (unpaired) electrons. The molecular formula is C18H17N5O7S3. The number of fused-ring (bicyclic) bond motifs is 1. The van der Waals surface area contributed by atoms with E-state index >= 15 is 0 Å². The first-order valence-electron chi connectivity index (χ1n) is 9.41. The largest absolute Gasteiger partial charge is 0.477 e. The van der Waals surface area contributed by atoms with Crippen molar-refractivity contribution in [3.63, 3.8) is 0 Å². The van der Waals surface area contributed by atoms with Gasteiger partial charge >= 0.3 is 11.9 Å². The number of oxime groups is 1. The fourth-order valence-electron chi connectivity index (χ4n) is 3.15. The summed E-state index contributed by atoms with van der Waals surface area (Å²) >= 11 is 3.76. The van der Waals surface area contributed by atoms with E-state index in [0.29, 0.717) is 27.1 Å². The minimum Gasteiger partial charge on any atom is -0.477 e. The molecule has 3 aliphatic heterocycles. The lowest BCUT2D eigenvalue weighted by Gasteiger charge is -2.49. The Morgan fingerprint density at radius 1 is 1.48 bits per heavy atom. The number of rotatable bonds is 9. The van der Waals surface area contributed by atoms with Gasteiger partial charge in [0.15, 0.2) is 11.7 Å². The summed E-state index contributed by atoms with van der Waals surface area (Å²) in [5.74, 6) is -2.29. The fraction of sp³-hybridized carbons (Fsp3) is 0.333. The Bertz CT molecular complexity index is 1100. The number of carboxylic acid groups (broad SMARTS) is 1. The van der Waals surface area contributed by atoms with Crippen molar-refractivity contribution in [2.45, 2.75) is 18.0 Å². The summed E-state index contributed by atoms with van der Waals surface area (Å²) in [4.78, 5) is 58.8. The number of amides is 2. The van der Waals surface area contributed by atoms with Crippen LogP contribution in [0.4, 0.5) is 5.13 Å². The number of cyclic esters (lactones) is 1. The second kappa shape index (κ2) is 9.84. The van der Waals surface area contributed by atoms with E-state index in [4.69, 9.17) is 15.3 Å². The van der Waals surface area contributed by atoms with Crippen molar-refractivity contribution in [1.29, 1.82) is 0 Å². The lowest BCUT2D eigenvalue weighted by Crippen LogP contribution is -2.70. The third kappa shape index (κ3) is 4.99. The average molecular weight is 512 g/mol. The Morgan fingerprint density at radius 2 is 2.30 bits per heavy atom. The monoisotopic (exact) mass is 511 g/mol. The molecule has 0 unspecified atom stereocenters. The van der Waals surface area contributed by atoms with Crippen LogP contribution in [-0.4, -0.2) is 74.5 Å². The Hall–Kier alpha value is -3.04. The minimum atomic E-state index is -1.25. The molecule has 15 heteroatoms. The van der Waals surface area contributed by atoms with Crippen molar-refractivity contribution in [2.24, 2.45) is 5.16 Å². The highest BCUT2D eigenvalue weighted by Crippen LogP contribution is 2.43. The number of esters is 1. The van der Waals surface area contributed by atoms with E-state index in [2.05, 4.69) is 15.5 Å². The van der Waals surface area contributed by atoms with Gasteiger partial charge < -0.3 is 25.7 Å². The number of aliphatic carboxylic acids is 1. The molecule has 0 saturated carbocycles. The molecule has 1 aromatic rings. The van der Waals surface area contributed by atoms with Gasteiger partial charge in [-0.05, 0) is 6.08 Å². The van der Waals surface area contributed by atoms with E-state index in [1.807, 2.05) is 0 Å². The molecule has 2 atom stereocenters. The van der Waals surface area contributed by atoms with Gasteiger partial charge in [0.2, 0.25) is 0 Å². The molecule has 33 heavy (non-hydrogen) atoms. The summed E-state index contributed by atoms with van der Waals surface area (Å²) < 4.78 is 4.84. The van der Waals surface area contributed by atoms with Crippen molar-refractivity contribution < 1.29 is 33.9 Å². The predicted octanol–water partition coefficient (Wildman–Crippen LogP) is 0.140. The molecule has 1 saturated heterocycles. The Morgan fingerprint density at radius 3 is 2.97 bits per heavy atom. The number of thioether (sulfide) groups is 2. The first-order valence-corrected chi connectivity index (χ1v) is 12.3. The number of hydrogen-bond donors (Lipinski definition) is 3. The smallest absolute Gasteiger partial charge is 0.353 e. The average Bonchev–Trinajstić information content (AvgIpc) is 3.40. The fourth-order valence-corrected chi connectivity index (χ4v) is 6.31. The van der Waals surface area contributed by atoms with E-state index in [-0.39, 0.29) is 24.7 Å². The number of carbonyl (C=O) groups is 4. The molecular weight excluding hydrogens is 494 g/mol. The zero-order valence-corrected chi connectivity index (χ0v) is 19.2. The summed E-state index contributed by atoms with van der Waals surface area (Å²) in [7, 11) is 0. The van der Waals surface area contributed by atoms with Crippen molar-refractivity contribution in [3.05, 3.63) is 33.3 Å². The second-order valence-corrected chi connectivity index (χ2v) is 9.84. The third-order valence-corrected chi connectivity index (χ3v) is 8.00. The zero-order chi connectivity index (χ0) is 23.5. The normalized spacial score (nSPS) is 22.1. The number of nitrogens with zero attached hydrogens (tertiary/aromatic N) is 3. The first kappa shape index (κ1) is 23.1. The molecule has 4 N–H and O–H groups in total. The highest BCUT2D eigenvalue weighted by atomic mass is 32.2. The molecule has 0 spiro atoms. The summed E-state index contributed by atoms with van der Waals surface area (Å²) in [6, 6.07) is -0.888. The number of nitrogens with one attached hydrogen (secondary N) is 1. The number of nitrogen functional groups attached to an aromatic ring is 1. The van der Waals surface area contributed by atoms with Crippen LogP contribution in [0.25, 0.3) is 0 Å². The number of β-lactam (4-membered cyclic amide) rings is 1. The van der Waals surface area contributed by atoms with Crippen LogP contribution in [-0.2, 0) is 35.4 Å². The van der Waals surface area contributed by atoms with Crippen molar-refractivity contribution in [1.82, 2.24) is 15.2 Å². The van der Waals surface area contributed by atoms with Gasteiger partial charge in [-0.1, -0.05) is 5.16 Å².